The molecule has 0 aromatic heterocycles. The molecule has 1 aromatic carbocycles. The van der Waals surface area contributed by atoms with Crippen LogP contribution in [0.5, 0.6) is 0 Å². The van der Waals surface area contributed by atoms with Gasteiger partial charge < -0.3 is 10.1 Å². The zero-order chi connectivity index (χ0) is 16.4. The molecule has 1 N–H and O–H groups in total. The van der Waals surface area contributed by atoms with Gasteiger partial charge in [-0.05, 0) is 50.3 Å². The van der Waals surface area contributed by atoms with Crippen LogP contribution in [0.2, 0.25) is 0 Å². The van der Waals surface area contributed by atoms with E-state index in [1.807, 2.05) is 0 Å². The molecule has 5 nitrogen and oxygen atoms in total. The standard InChI is InChI=1S/C16H20N2O3S/c1-12(2)21-16(20)13-5-7-14(8-6-13)18-15(19)11-22-10-4-3-9-17/h5-8,12H,3-4,10-11H2,1-2H3,(H,18,19). The van der Waals surface area contributed by atoms with E-state index in [2.05, 4.69) is 11.4 Å². The summed E-state index contributed by atoms with van der Waals surface area (Å²) in [5.41, 5.74) is 1.10. The molecule has 0 radical (unpaired) electrons. The number of unbranched alkanes of at least 4 members (excludes halogenated alkanes) is 1. The minimum atomic E-state index is -0.374. The maximum absolute atomic E-state index is 11.7. The van der Waals surface area contributed by atoms with Gasteiger partial charge in [0.05, 0.1) is 23.5 Å². The van der Waals surface area contributed by atoms with E-state index in [9.17, 15) is 9.59 Å². The first-order valence-electron chi connectivity index (χ1n) is 7.08. The number of hydrogen-bond acceptors (Lipinski definition) is 5. The number of esters is 1. The van der Waals surface area contributed by atoms with Crippen LogP contribution in [0, 0.1) is 11.3 Å². The van der Waals surface area contributed by atoms with E-state index in [-0.39, 0.29) is 18.0 Å². The molecule has 0 heterocycles. The zero-order valence-electron chi connectivity index (χ0n) is 12.8. The Hall–Kier alpha value is -2.00. The molecule has 1 rings (SSSR count). The second kappa shape index (κ2) is 9.85. The van der Waals surface area contributed by atoms with Crippen LogP contribution in [0.4, 0.5) is 5.69 Å². The number of anilines is 1. The zero-order valence-corrected chi connectivity index (χ0v) is 13.6. The first-order valence-corrected chi connectivity index (χ1v) is 8.24. The van der Waals surface area contributed by atoms with Crippen LogP contribution in [-0.2, 0) is 9.53 Å². The molecule has 0 unspecified atom stereocenters. The van der Waals surface area contributed by atoms with Gasteiger partial charge in [-0.2, -0.15) is 17.0 Å². The average molecular weight is 320 g/mol. The molecule has 0 atom stereocenters. The highest BCUT2D eigenvalue weighted by atomic mass is 32.2. The molecule has 118 valence electrons. The summed E-state index contributed by atoms with van der Waals surface area (Å²) < 4.78 is 5.09. The third kappa shape index (κ3) is 7.14. The van der Waals surface area contributed by atoms with E-state index in [0.717, 1.165) is 12.2 Å². The molecule has 0 saturated carbocycles. The fourth-order valence-corrected chi connectivity index (χ4v) is 2.34. The van der Waals surface area contributed by atoms with Crippen molar-refractivity contribution in [2.75, 3.05) is 16.8 Å². The largest absolute Gasteiger partial charge is 0.459 e. The van der Waals surface area contributed by atoms with Gasteiger partial charge in [0, 0.05) is 12.1 Å². The lowest BCUT2D eigenvalue weighted by Crippen LogP contribution is -2.15. The molecular formula is C16H20N2O3S. The molecule has 0 fully saturated rings. The van der Waals surface area contributed by atoms with Crippen molar-refractivity contribution in [3.63, 3.8) is 0 Å². The van der Waals surface area contributed by atoms with Crippen molar-refractivity contribution in [3.05, 3.63) is 29.8 Å². The van der Waals surface area contributed by atoms with Crippen LogP contribution in [0.1, 0.15) is 37.0 Å². The molecule has 0 bridgehead atoms. The van der Waals surface area contributed by atoms with Crippen molar-refractivity contribution >= 4 is 29.3 Å². The molecule has 0 aliphatic carbocycles. The maximum Gasteiger partial charge on any atom is 0.338 e. The summed E-state index contributed by atoms with van der Waals surface area (Å²) in [6, 6.07) is 8.67. The van der Waals surface area contributed by atoms with Gasteiger partial charge in [0.15, 0.2) is 0 Å². The minimum absolute atomic E-state index is 0.0977. The second-order valence-corrected chi connectivity index (χ2v) is 6.00. The van der Waals surface area contributed by atoms with E-state index in [0.29, 0.717) is 23.4 Å². The van der Waals surface area contributed by atoms with Gasteiger partial charge in [0.2, 0.25) is 5.91 Å². The smallest absolute Gasteiger partial charge is 0.338 e. The lowest BCUT2D eigenvalue weighted by atomic mass is 10.2. The van der Waals surface area contributed by atoms with E-state index >= 15 is 0 Å². The normalized spacial score (nSPS) is 10.1. The first kappa shape index (κ1) is 18.1. The number of nitriles is 1. The minimum Gasteiger partial charge on any atom is -0.459 e. The highest BCUT2D eigenvalue weighted by Crippen LogP contribution is 2.12. The van der Waals surface area contributed by atoms with Crippen LogP contribution < -0.4 is 5.32 Å². The Bertz CT molecular complexity index is 535. The number of nitrogens with one attached hydrogen (secondary N) is 1. The van der Waals surface area contributed by atoms with E-state index in [4.69, 9.17) is 10.00 Å². The van der Waals surface area contributed by atoms with Crippen LogP contribution >= 0.6 is 11.8 Å². The Morgan fingerprint density at radius 1 is 1.32 bits per heavy atom. The lowest BCUT2D eigenvalue weighted by Gasteiger charge is -2.09. The molecule has 1 aromatic rings. The topological polar surface area (TPSA) is 79.2 Å². The van der Waals surface area contributed by atoms with Crippen molar-refractivity contribution < 1.29 is 14.3 Å². The van der Waals surface area contributed by atoms with Crippen molar-refractivity contribution in [2.45, 2.75) is 32.8 Å². The van der Waals surface area contributed by atoms with Gasteiger partial charge in [0.25, 0.3) is 0 Å². The predicted molar refractivity (Wildman–Crippen MR) is 87.8 cm³/mol. The lowest BCUT2D eigenvalue weighted by molar-refractivity contribution is -0.113. The summed E-state index contributed by atoms with van der Waals surface area (Å²) in [5, 5.41) is 11.2. The molecular weight excluding hydrogens is 300 g/mol. The van der Waals surface area contributed by atoms with Gasteiger partial charge in [-0.1, -0.05) is 0 Å². The van der Waals surface area contributed by atoms with Gasteiger partial charge in [-0.3, -0.25) is 4.79 Å². The van der Waals surface area contributed by atoms with E-state index < -0.39 is 0 Å². The average Bonchev–Trinajstić information content (AvgIpc) is 2.47. The maximum atomic E-state index is 11.7. The number of hydrogen-bond donors (Lipinski definition) is 1. The monoisotopic (exact) mass is 320 g/mol. The Kier molecular flexibility index (Phi) is 8.08. The third-order valence-electron chi connectivity index (χ3n) is 2.56. The number of rotatable bonds is 8. The summed E-state index contributed by atoms with van der Waals surface area (Å²) in [7, 11) is 0. The fraction of sp³-hybridized carbons (Fsp3) is 0.438. The number of carbonyl (C=O) groups is 2. The summed E-state index contributed by atoms with van der Waals surface area (Å²) >= 11 is 1.50. The van der Waals surface area contributed by atoms with Crippen molar-refractivity contribution in [1.82, 2.24) is 0 Å². The third-order valence-corrected chi connectivity index (χ3v) is 3.60. The summed E-state index contributed by atoms with van der Waals surface area (Å²) in [6.07, 6.45) is 1.15. The van der Waals surface area contributed by atoms with Crippen molar-refractivity contribution in [2.24, 2.45) is 0 Å². The molecule has 1 amide bonds. The van der Waals surface area contributed by atoms with Gasteiger partial charge >= 0.3 is 5.97 Å². The first-order chi connectivity index (χ1) is 10.5. The number of carbonyl (C=O) groups excluding carboxylic acids is 2. The summed E-state index contributed by atoms with van der Waals surface area (Å²) in [6.45, 7) is 3.58. The highest BCUT2D eigenvalue weighted by Gasteiger charge is 2.09. The van der Waals surface area contributed by atoms with Crippen molar-refractivity contribution in [3.8, 4) is 6.07 Å². The van der Waals surface area contributed by atoms with E-state index in [1.165, 1.54) is 11.8 Å². The van der Waals surface area contributed by atoms with Gasteiger partial charge in [0.1, 0.15) is 0 Å². The highest BCUT2D eigenvalue weighted by molar-refractivity contribution is 7.99. The second-order valence-electron chi connectivity index (χ2n) is 4.89. The van der Waals surface area contributed by atoms with Crippen LogP contribution in [0.3, 0.4) is 0 Å². The van der Waals surface area contributed by atoms with E-state index in [1.54, 1.807) is 38.1 Å². The van der Waals surface area contributed by atoms with Crippen LogP contribution in [0.25, 0.3) is 0 Å². The van der Waals surface area contributed by atoms with Crippen molar-refractivity contribution in [1.29, 1.82) is 5.26 Å². The number of ether oxygens (including phenoxy) is 1. The number of nitrogens with zero attached hydrogens (tertiary/aromatic N) is 1. The van der Waals surface area contributed by atoms with Crippen LogP contribution in [0.15, 0.2) is 24.3 Å². The molecule has 6 heteroatoms. The summed E-state index contributed by atoms with van der Waals surface area (Å²) in [4.78, 5) is 23.4. The Morgan fingerprint density at radius 2 is 2.00 bits per heavy atom. The number of amides is 1. The van der Waals surface area contributed by atoms with Gasteiger partial charge in [-0.15, -0.1) is 0 Å². The Labute approximate surface area is 135 Å². The fourth-order valence-electron chi connectivity index (χ4n) is 1.59. The number of thioether (sulfide) groups is 1. The van der Waals surface area contributed by atoms with Crippen LogP contribution in [-0.4, -0.2) is 29.5 Å². The Balaban J connectivity index is 2.39. The summed E-state index contributed by atoms with van der Waals surface area (Å²) in [5.74, 6) is 0.671. The molecule has 0 aliphatic heterocycles. The number of benzene rings is 1. The SMILES string of the molecule is CC(C)OC(=O)c1ccc(NC(=O)CSCCCC#N)cc1. The molecule has 0 aliphatic rings. The molecule has 22 heavy (non-hydrogen) atoms. The quantitative estimate of drug-likeness (QED) is 0.587. The predicted octanol–water partition coefficient (Wildman–Crippen LogP) is 3.23. The Morgan fingerprint density at radius 3 is 2.59 bits per heavy atom. The molecule has 0 spiro atoms. The van der Waals surface area contributed by atoms with Gasteiger partial charge in [-0.25, -0.2) is 4.79 Å². The molecule has 0 saturated heterocycles.